The molecule has 0 nitrogen and oxygen atoms in total. The summed E-state index contributed by atoms with van der Waals surface area (Å²) in [6, 6.07) is 0. The molecule has 0 heterocycles. The molecule has 0 aliphatic rings. The molecule has 0 spiro atoms. The fraction of sp³-hybridized carbons (Fsp3) is 1.00. The standard InChI is InChI=1S/C15H33P.BrH/c1-4-5-6-7-8-9-10-11-12-13-14-15-16(2)3;/h4-15H2,1-3H3;1H. The second-order valence-corrected chi connectivity index (χ2v) is 7.95. The monoisotopic (exact) mass is 324 g/mol. The Balaban J connectivity index is 0. The van der Waals surface area contributed by atoms with Gasteiger partial charge in [0.2, 0.25) is 0 Å². The minimum atomic E-state index is 0. The van der Waals surface area contributed by atoms with Crippen molar-refractivity contribution in [2.24, 2.45) is 0 Å². The molecule has 0 rings (SSSR count). The highest BCUT2D eigenvalue weighted by Crippen LogP contribution is 2.26. The van der Waals surface area contributed by atoms with Gasteiger partial charge in [-0.3, -0.25) is 0 Å². The lowest BCUT2D eigenvalue weighted by Crippen LogP contribution is -1.84. The molecule has 2 heteroatoms. The number of hydrogen-bond donors (Lipinski definition) is 0. The van der Waals surface area contributed by atoms with Crippen LogP contribution in [0.5, 0.6) is 0 Å². The van der Waals surface area contributed by atoms with Crippen LogP contribution in [0.15, 0.2) is 0 Å². The summed E-state index contributed by atoms with van der Waals surface area (Å²) in [6.07, 6.45) is 17.6. The van der Waals surface area contributed by atoms with Crippen molar-refractivity contribution < 1.29 is 0 Å². The van der Waals surface area contributed by atoms with Crippen LogP contribution in [0.25, 0.3) is 0 Å². The van der Waals surface area contributed by atoms with Crippen molar-refractivity contribution >= 4 is 24.9 Å². The predicted molar refractivity (Wildman–Crippen MR) is 90.4 cm³/mol. The van der Waals surface area contributed by atoms with Crippen molar-refractivity contribution in [3.8, 4) is 0 Å². The van der Waals surface area contributed by atoms with Crippen molar-refractivity contribution in [3.63, 3.8) is 0 Å². The van der Waals surface area contributed by atoms with Crippen molar-refractivity contribution in [2.45, 2.75) is 77.6 Å². The summed E-state index contributed by atoms with van der Waals surface area (Å²) >= 11 is 0. The second-order valence-electron chi connectivity index (χ2n) is 5.34. The molecule has 106 valence electrons. The first-order valence-corrected chi connectivity index (χ1v) is 9.84. The first-order valence-electron chi connectivity index (χ1n) is 7.42. The van der Waals surface area contributed by atoms with Gasteiger partial charge in [0.1, 0.15) is 0 Å². The highest BCUT2D eigenvalue weighted by atomic mass is 79.9. The zero-order valence-corrected chi connectivity index (χ0v) is 14.9. The first-order chi connectivity index (χ1) is 7.77. The fourth-order valence-corrected chi connectivity index (χ4v) is 2.95. The van der Waals surface area contributed by atoms with Gasteiger partial charge in [0.25, 0.3) is 0 Å². The first kappa shape index (κ1) is 20.2. The smallest absolute Gasteiger partial charge is 0.0331 e. The zero-order chi connectivity index (χ0) is 12.1. The highest BCUT2D eigenvalue weighted by molar-refractivity contribution is 8.93. The van der Waals surface area contributed by atoms with Crippen molar-refractivity contribution in [1.82, 2.24) is 0 Å². The van der Waals surface area contributed by atoms with Crippen LogP contribution in [-0.4, -0.2) is 19.5 Å². The SMILES string of the molecule is Br.CCCCCCCCCCCCCP(C)C. The van der Waals surface area contributed by atoms with E-state index in [9.17, 15) is 0 Å². The number of rotatable bonds is 12. The maximum absolute atomic E-state index is 2.39. The predicted octanol–water partition coefficient (Wildman–Crippen LogP) is 6.62. The molecular formula is C15H34BrP. The average Bonchev–Trinajstić information content (AvgIpc) is 2.25. The van der Waals surface area contributed by atoms with Gasteiger partial charge in [-0.05, 0) is 25.9 Å². The molecule has 0 N–H and O–H groups in total. The van der Waals surface area contributed by atoms with Gasteiger partial charge < -0.3 is 0 Å². The van der Waals surface area contributed by atoms with E-state index in [0.29, 0.717) is 7.92 Å². The van der Waals surface area contributed by atoms with Crippen LogP contribution in [-0.2, 0) is 0 Å². The lowest BCUT2D eigenvalue weighted by atomic mass is 10.1. The average molecular weight is 325 g/mol. The van der Waals surface area contributed by atoms with Crippen LogP contribution >= 0.6 is 24.9 Å². The molecular weight excluding hydrogens is 291 g/mol. The Bertz CT molecular complexity index is 126. The van der Waals surface area contributed by atoms with E-state index in [1.165, 1.54) is 76.8 Å². The molecule has 0 atom stereocenters. The normalized spacial score (nSPS) is 10.6. The molecule has 0 aliphatic heterocycles. The Hall–Kier alpha value is 0.910. The summed E-state index contributed by atoms with van der Waals surface area (Å²) in [6.45, 7) is 7.08. The molecule has 0 amide bonds. The molecule has 0 saturated carbocycles. The Morgan fingerprint density at radius 1 is 0.588 bits per heavy atom. The van der Waals surface area contributed by atoms with Gasteiger partial charge in [-0.25, -0.2) is 0 Å². The number of halogens is 1. The van der Waals surface area contributed by atoms with Crippen molar-refractivity contribution in [3.05, 3.63) is 0 Å². The Labute approximate surface area is 122 Å². The third-order valence-corrected chi connectivity index (χ3v) is 4.42. The summed E-state index contributed by atoms with van der Waals surface area (Å²) < 4.78 is 0. The van der Waals surface area contributed by atoms with E-state index in [-0.39, 0.29) is 17.0 Å². The van der Waals surface area contributed by atoms with Crippen LogP contribution in [0, 0.1) is 0 Å². The van der Waals surface area contributed by atoms with E-state index in [0.717, 1.165) is 0 Å². The van der Waals surface area contributed by atoms with Gasteiger partial charge in [-0.2, -0.15) is 0 Å². The highest BCUT2D eigenvalue weighted by Gasteiger charge is 1.94. The van der Waals surface area contributed by atoms with E-state index in [1.807, 2.05) is 0 Å². The van der Waals surface area contributed by atoms with E-state index < -0.39 is 0 Å². The summed E-state index contributed by atoms with van der Waals surface area (Å²) in [5.74, 6) is 0. The molecule has 0 bridgehead atoms. The van der Waals surface area contributed by atoms with Gasteiger partial charge in [0, 0.05) is 0 Å². The minimum absolute atomic E-state index is 0. The van der Waals surface area contributed by atoms with Crippen molar-refractivity contribution in [2.75, 3.05) is 19.5 Å². The van der Waals surface area contributed by atoms with E-state index >= 15 is 0 Å². The number of unbranched alkanes of at least 4 members (excludes halogenated alkanes) is 10. The zero-order valence-electron chi connectivity index (χ0n) is 12.3. The second kappa shape index (κ2) is 16.9. The summed E-state index contributed by atoms with van der Waals surface area (Å²) in [7, 11) is 0.363. The van der Waals surface area contributed by atoms with Gasteiger partial charge in [0.05, 0.1) is 0 Å². The molecule has 0 aromatic carbocycles. The van der Waals surface area contributed by atoms with Crippen LogP contribution in [0.1, 0.15) is 77.6 Å². The Kier molecular flexibility index (Phi) is 20.1. The topological polar surface area (TPSA) is 0 Å². The third kappa shape index (κ3) is 19.4. The summed E-state index contributed by atoms with van der Waals surface area (Å²) in [4.78, 5) is 0. The third-order valence-electron chi connectivity index (χ3n) is 3.21. The van der Waals surface area contributed by atoms with Gasteiger partial charge in [-0.1, -0.05) is 71.1 Å². The molecule has 0 fully saturated rings. The van der Waals surface area contributed by atoms with Crippen molar-refractivity contribution in [1.29, 1.82) is 0 Å². The lowest BCUT2D eigenvalue weighted by molar-refractivity contribution is 0.555. The summed E-state index contributed by atoms with van der Waals surface area (Å²) in [5, 5.41) is 0. The summed E-state index contributed by atoms with van der Waals surface area (Å²) in [5.41, 5.74) is 0. The Morgan fingerprint density at radius 2 is 0.941 bits per heavy atom. The molecule has 0 aliphatic carbocycles. The van der Waals surface area contributed by atoms with E-state index in [1.54, 1.807) is 0 Å². The largest absolute Gasteiger partial charge is 0.114 e. The maximum Gasteiger partial charge on any atom is -0.0331 e. The Morgan fingerprint density at radius 3 is 1.29 bits per heavy atom. The van der Waals surface area contributed by atoms with Gasteiger partial charge in [0.15, 0.2) is 0 Å². The molecule has 0 radical (unpaired) electrons. The maximum atomic E-state index is 2.39. The van der Waals surface area contributed by atoms with E-state index in [2.05, 4.69) is 20.3 Å². The fourth-order valence-electron chi connectivity index (χ4n) is 2.09. The lowest BCUT2D eigenvalue weighted by Gasteiger charge is -2.05. The van der Waals surface area contributed by atoms with E-state index in [4.69, 9.17) is 0 Å². The molecule has 0 aromatic rings. The minimum Gasteiger partial charge on any atom is -0.114 e. The molecule has 0 unspecified atom stereocenters. The van der Waals surface area contributed by atoms with Gasteiger partial charge >= 0.3 is 0 Å². The van der Waals surface area contributed by atoms with Crippen LogP contribution in [0.4, 0.5) is 0 Å². The van der Waals surface area contributed by atoms with Crippen LogP contribution < -0.4 is 0 Å². The van der Waals surface area contributed by atoms with Crippen LogP contribution in [0.3, 0.4) is 0 Å². The number of hydrogen-bond acceptors (Lipinski definition) is 0. The molecule has 17 heavy (non-hydrogen) atoms. The molecule has 0 aromatic heterocycles. The molecule has 0 saturated heterocycles. The van der Waals surface area contributed by atoms with Crippen LogP contribution in [0.2, 0.25) is 0 Å². The quantitative estimate of drug-likeness (QED) is 0.279. The van der Waals surface area contributed by atoms with Gasteiger partial charge in [-0.15, -0.1) is 24.9 Å².